The summed E-state index contributed by atoms with van der Waals surface area (Å²) >= 11 is 0. The Hall–Kier alpha value is -2.15. The quantitative estimate of drug-likeness (QED) is 0.924. The second-order valence-corrected chi connectivity index (χ2v) is 5.19. The topological polar surface area (TPSA) is 80.5 Å². The number of hydrogen-bond acceptors (Lipinski definition) is 5. The number of carbonyl (C=O) groups excluding carboxylic acids is 1. The lowest BCUT2D eigenvalue weighted by Crippen LogP contribution is -2.44. The standard InChI is InChI=1S/C14H18N4O3/c1-20-9-11-3-2-6-18(11)14(19)15-8-10-4-5-12-13(7-10)17-21-16-12/h4-5,7,11H,2-3,6,8-9H2,1H3,(H,15,19)/t11-/m0/s1. The molecule has 21 heavy (non-hydrogen) atoms. The van der Waals surface area contributed by atoms with Crippen molar-refractivity contribution in [1.29, 1.82) is 0 Å². The Labute approximate surface area is 122 Å². The predicted octanol–water partition coefficient (Wildman–Crippen LogP) is 1.54. The molecule has 2 heterocycles. The molecular formula is C14H18N4O3. The van der Waals surface area contributed by atoms with Crippen molar-refractivity contribution in [2.75, 3.05) is 20.3 Å². The maximum Gasteiger partial charge on any atom is 0.317 e. The molecule has 1 aliphatic heterocycles. The zero-order chi connectivity index (χ0) is 14.7. The van der Waals surface area contributed by atoms with E-state index >= 15 is 0 Å². The van der Waals surface area contributed by atoms with Crippen molar-refractivity contribution in [2.24, 2.45) is 0 Å². The number of nitrogens with one attached hydrogen (secondary N) is 1. The van der Waals surface area contributed by atoms with E-state index in [1.54, 1.807) is 7.11 Å². The first-order valence-electron chi connectivity index (χ1n) is 7.02. The molecule has 7 nitrogen and oxygen atoms in total. The first kappa shape index (κ1) is 13.8. The Morgan fingerprint density at radius 3 is 3.19 bits per heavy atom. The average molecular weight is 290 g/mol. The molecule has 7 heteroatoms. The highest BCUT2D eigenvalue weighted by atomic mass is 16.6. The van der Waals surface area contributed by atoms with Gasteiger partial charge in [0.2, 0.25) is 0 Å². The molecule has 0 bridgehead atoms. The van der Waals surface area contributed by atoms with Crippen LogP contribution in [0.15, 0.2) is 22.8 Å². The smallest absolute Gasteiger partial charge is 0.317 e. The molecule has 2 amide bonds. The third-order valence-corrected chi connectivity index (χ3v) is 3.76. The summed E-state index contributed by atoms with van der Waals surface area (Å²) in [5.74, 6) is 0. The van der Waals surface area contributed by atoms with Gasteiger partial charge < -0.3 is 15.0 Å². The summed E-state index contributed by atoms with van der Waals surface area (Å²) in [5, 5.41) is 10.5. The molecule has 1 atom stereocenters. The van der Waals surface area contributed by atoms with E-state index in [2.05, 4.69) is 20.3 Å². The Bertz CT molecular complexity index is 627. The van der Waals surface area contributed by atoms with E-state index in [9.17, 15) is 4.79 Å². The van der Waals surface area contributed by atoms with Gasteiger partial charge in [0.1, 0.15) is 11.0 Å². The van der Waals surface area contributed by atoms with Gasteiger partial charge in [-0.3, -0.25) is 0 Å². The van der Waals surface area contributed by atoms with Crippen LogP contribution >= 0.6 is 0 Å². The number of likely N-dealkylation sites (tertiary alicyclic amines) is 1. The molecule has 1 fully saturated rings. The number of amides is 2. The van der Waals surface area contributed by atoms with Crippen molar-refractivity contribution >= 4 is 17.1 Å². The number of urea groups is 1. The van der Waals surface area contributed by atoms with E-state index in [0.717, 1.165) is 24.9 Å². The van der Waals surface area contributed by atoms with E-state index in [1.165, 1.54) is 0 Å². The highest BCUT2D eigenvalue weighted by Gasteiger charge is 2.28. The Morgan fingerprint density at radius 2 is 2.33 bits per heavy atom. The number of nitrogens with zero attached hydrogens (tertiary/aromatic N) is 3. The van der Waals surface area contributed by atoms with Crippen LogP contribution in [0.2, 0.25) is 0 Å². The van der Waals surface area contributed by atoms with Gasteiger partial charge in [-0.2, -0.15) is 0 Å². The molecule has 1 N–H and O–H groups in total. The van der Waals surface area contributed by atoms with Gasteiger partial charge in [-0.1, -0.05) is 6.07 Å². The number of methoxy groups -OCH3 is 1. The summed E-state index contributed by atoms with van der Waals surface area (Å²) in [6.45, 7) is 1.83. The van der Waals surface area contributed by atoms with Crippen LogP contribution in [0.3, 0.4) is 0 Å². The van der Waals surface area contributed by atoms with Gasteiger partial charge in [-0.25, -0.2) is 9.42 Å². The van der Waals surface area contributed by atoms with Crippen molar-refractivity contribution < 1.29 is 14.2 Å². The largest absolute Gasteiger partial charge is 0.383 e. The minimum atomic E-state index is -0.0482. The summed E-state index contributed by atoms with van der Waals surface area (Å²) in [7, 11) is 1.66. The van der Waals surface area contributed by atoms with Crippen molar-refractivity contribution in [3.63, 3.8) is 0 Å². The highest BCUT2D eigenvalue weighted by Crippen LogP contribution is 2.17. The zero-order valence-corrected chi connectivity index (χ0v) is 11.9. The third kappa shape index (κ3) is 2.97. The molecule has 1 saturated heterocycles. The average Bonchev–Trinajstić information content (AvgIpc) is 3.13. The molecule has 1 aromatic heterocycles. The number of fused-ring (bicyclic) bond motifs is 1. The Balaban J connectivity index is 1.59. The van der Waals surface area contributed by atoms with Gasteiger partial charge >= 0.3 is 6.03 Å². The molecule has 112 valence electrons. The minimum Gasteiger partial charge on any atom is -0.383 e. The fourth-order valence-corrected chi connectivity index (χ4v) is 2.69. The minimum absolute atomic E-state index is 0.0482. The number of ether oxygens (including phenoxy) is 1. The fourth-order valence-electron chi connectivity index (χ4n) is 2.69. The number of rotatable bonds is 4. The first-order chi connectivity index (χ1) is 10.3. The van der Waals surface area contributed by atoms with Crippen molar-refractivity contribution in [3.8, 4) is 0 Å². The first-order valence-corrected chi connectivity index (χ1v) is 7.02. The predicted molar refractivity (Wildman–Crippen MR) is 75.6 cm³/mol. The molecule has 1 aliphatic rings. The maximum absolute atomic E-state index is 12.2. The van der Waals surface area contributed by atoms with Crippen LogP contribution in [0, 0.1) is 0 Å². The molecule has 0 spiro atoms. The van der Waals surface area contributed by atoms with Crippen LogP contribution in [0.1, 0.15) is 18.4 Å². The van der Waals surface area contributed by atoms with Crippen LogP contribution in [0.5, 0.6) is 0 Å². The summed E-state index contributed by atoms with van der Waals surface area (Å²) in [5.41, 5.74) is 2.37. The van der Waals surface area contributed by atoms with Gasteiger partial charge in [0.05, 0.1) is 12.6 Å². The summed E-state index contributed by atoms with van der Waals surface area (Å²) in [6, 6.07) is 5.73. The summed E-state index contributed by atoms with van der Waals surface area (Å²) in [6.07, 6.45) is 2.02. The molecule has 0 aliphatic carbocycles. The van der Waals surface area contributed by atoms with Crippen LogP contribution in [0.4, 0.5) is 4.79 Å². The summed E-state index contributed by atoms with van der Waals surface area (Å²) in [4.78, 5) is 14.1. The van der Waals surface area contributed by atoms with E-state index in [-0.39, 0.29) is 12.1 Å². The van der Waals surface area contributed by atoms with E-state index in [4.69, 9.17) is 4.74 Å². The van der Waals surface area contributed by atoms with Gasteiger partial charge in [-0.05, 0) is 40.9 Å². The zero-order valence-electron chi connectivity index (χ0n) is 11.9. The van der Waals surface area contributed by atoms with Crippen LogP contribution in [0.25, 0.3) is 11.0 Å². The second kappa shape index (κ2) is 6.09. The van der Waals surface area contributed by atoms with E-state index in [1.807, 2.05) is 23.1 Å². The van der Waals surface area contributed by atoms with Crippen LogP contribution in [-0.4, -0.2) is 47.5 Å². The monoisotopic (exact) mass is 290 g/mol. The molecule has 1 aromatic carbocycles. The maximum atomic E-state index is 12.2. The second-order valence-electron chi connectivity index (χ2n) is 5.19. The fraction of sp³-hybridized carbons (Fsp3) is 0.500. The lowest BCUT2D eigenvalue weighted by Gasteiger charge is -2.24. The number of aromatic nitrogens is 2. The number of benzene rings is 1. The van der Waals surface area contributed by atoms with Gasteiger partial charge in [-0.15, -0.1) is 0 Å². The summed E-state index contributed by atoms with van der Waals surface area (Å²) < 4.78 is 9.82. The van der Waals surface area contributed by atoms with E-state index in [0.29, 0.717) is 24.2 Å². The highest BCUT2D eigenvalue weighted by molar-refractivity contribution is 5.76. The molecule has 0 radical (unpaired) electrons. The number of hydrogen-bond donors (Lipinski definition) is 1. The SMILES string of the molecule is COC[C@@H]1CCCN1C(=O)NCc1ccc2nonc2c1. The van der Waals surface area contributed by atoms with Crippen molar-refractivity contribution in [2.45, 2.75) is 25.4 Å². The van der Waals surface area contributed by atoms with Crippen LogP contribution in [-0.2, 0) is 11.3 Å². The van der Waals surface area contributed by atoms with Crippen molar-refractivity contribution in [1.82, 2.24) is 20.5 Å². The Morgan fingerprint density at radius 1 is 1.48 bits per heavy atom. The Kier molecular flexibility index (Phi) is 4.01. The molecule has 3 rings (SSSR count). The van der Waals surface area contributed by atoms with Gasteiger partial charge in [0, 0.05) is 20.2 Å². The van der Waals surface area contributed by atoms with E-state index < -0.39 is 0 Å². The molecule has 2 aromatic rings. The third-order valence-electron chi connectivity index (χ3n) is 3.76. The molecule has 0 saturated carbocycles. The number of carbonyl (C=O) groups is 1. The lowest BCUT2D eigenvalue weighted by atomic mass is 10.2. The molecule has 0 unspecified atom stereocenters. The van der Waals surface area contributed by atoms with Crippen molar-refractivity contribution in [3.05, 3.63) is 23.8 Å². The van der Waals surface area contributed by atoms with Gasteiger partial charge in [0.25, 0.3) is 0 Å². The lowest BCUT2D eigenvalue weighted by molar-refractivity contribution is 0.123. The van der Waals surface area contributed by atoms with Gasteiger partial charge in [0.15, 0.2) is 0 Å². The molecular weight excluding hydrogens is 272 g/mol. The normalized spacial score (nSPS) is 18.3. The van der Waals surface area contributed by atoms with Crippen LogP contribution < -0.4 is 5.32 Å².